The molecule has 1 aromatic carbocycles. The molecule has 1 saturated heterocycles. The summed E-state index contributed by atoms with van der Waals surface area (Å²) in [5.41, 5.74) is -0.438. The van der Waals surface area contributed by atoms with E-state index in [0.717, 1.165) is 25.7 Å². The van der Waals surface area contributed by atoms with Crippen molar-refractivity contribution in [1.82, 2.24) is 24.2 Å². The fourth-order valence-corrected chi connectivity index (χ4v) is 5.25. The number of halogens is 1. The van der Waals surface area contributed by atoms with E-state index >= 15 is 0 Å². The Balaban J connectivity index is 1.26. The van der Waals surface area contributed by atoms with Crippen LogP contribution in [0.5, 0.6) is 0 Å². The third kappa shape index (κ3) is 4.72. The van der Waals surface area contributed by atoms with Crippen LogP contribution >= 0.6 is 0 Å². The molecule has 1 aliphatic carbocycles. The highest BCUT2D eigenvalue weighted by atomic mass is 19.1. The van der Waals surface area contributed by atoms with E-state index in [9.17, 15) is 19.1 Å². The molecule has 0 radical (unpaired) electrons. The zero-order chi connectivity index (χ0) is 24.6. The van der Waals surface area contributed by atoms with E-state index in [1.807, 2.05) is 4.90 Å². The van der Waals surface area contributed by atoms with Gasteiger partial charge in [0.05, 0.1) is 30.1 Å². The van der Waals surface area contributed by atoms with Crippen LogP contribution in [0, 0.1) is 11.7 Å². The molecule has 3 heterocycles. The van der Waals surface area contributed by atoms with Crippen LogP contribution < -0.4 is 5.56 Å². The summed E-state index contributed by atoms with van der Waals surface area (Å²) >= 11 is 0. The maximum atomic E-state index is 13.3. The van der Waals surface area contributed by atoms with Gasteiger partial charge in [-0.1, -0.05) is 0 Å². The van der Waals surface area contributed by atoms with Crippen molar-refractivity contribution in [1.29, 1.82) is 0 Å². The predicted molar refractivity (Wildman–Crippen MR) is 127 cm³/mol. The summed E-state index contributed by atoms with van der Waals surface area (Å²) in [4.78, 5) is 32.3. The van der Waals surface area contributed by atoms with Crippen molar-refractivity contribution < 1.29 is 19.0 Å². The van der Waals surface area contributed by atoms with Crippen LogP contribution in [0.25, 0.3) is 16.7 Å². The summed E-state index contributed by atoms with van der Waals surface area (Å²) in [5.74, 6) is -0.172. The van der Waals surface area contributed by atoms with E-state index in [2.05, 4.69) is 10.1 Å². The van der Waals surface area contributed by atoms with E-state index < -0.39 is 5.60 Å². The molecule has 0 spiro atoms. The molecule has 3 aromatic rings. The van der Waals surface area contributed by atoms with Gasteiger partial charge in [0.25, 0.3) is 5.56 Å². The van der Waals surface area contributed by atoms with Gasteiger partial charge in [0.1, 0.15) is 17.5 Å². The zero-order valence-corrected chi connectivity index (χ0v) is 19.8. The standard InChI is InChI=1S/C25H30FN5O4/c1-35-20-8-2-17(3-9-20)23(32)29-12-10-25(34,11-13-29)15-30-16-27-22-21(24(30)33)14-28-31(22)19-6-4-18(26)5-7-19/h4-7,14,16-17,20,34H,2-3,8-13,15H2,1H3. The number of hydrogen-bond acceptors (Lipinski definition) is 6. The highest BCUT2D eigenvalue weighted by Gasteiger charge is 2.37. The molecule has 0 bridgehead atoms. The van der Waals surface area contributed by atoms with Crippen LogP contribution in [0.4, 0.5) is 4.39 Å². The van der Waals surface area contributed by atoms with Crippen molar-refractivity contribution in [2.24, 2.45) is 5.92 Å². The number of benzene rings is 1. The molecule has 35 heavy (non-hydrogen) atoms. The first-order valence-corrected chi connectivity index (χ1v) is 12.1. The fourth-order valence-electron chi connectivity index (χ4n) is 5.25. The lowest BCUT2D eigenvalue weighted by atomic mass is 9.85. The number of likely N-dealkylation sites (tertiary alicyclic amines) is 1. The molecule has 2 aromatic heterocycles. The number of ether oxygens (including phenoxy) is 1. The van der Waals surface area contributed by atoms with Crippen LogP contribution in [0.2, 0.25) is 0 Å². The average Bonchev–Trinajstić information content (AvgIpc) is 3.31. The van der Waals surface area contributed by atoms with Crippen LogP contribution in [0.3, 0.4) is 0 Å². The highest BCUT2D eigenvalue weighted by molar-refractivity contribution is 5.79. The average molecular weight is 484 g/mol. The number of amides is 1. The number of piperidine rings is 1. The largest absolute Gasteiger partial charge is 0.388 e. The first-order valence-electron chi connectivity index (χ1n) is 12.1. The maximum absolute atomic E-state index is 13.3. The number of aromatic nitrogens is 4. The molecule has 0 atom stereocenters. The van der Waals surface area contributed by atoms with Crippen LogP contribution in [-0.2, 0) is 16.1 Å². The van der Waals surface area contributed by atoms with Gasteiger partial charge in [-0.2, -0.15) is 5.10 Å². The Bertz CT molecular complexity index is 1260. The molecule has 1 saturated carbocycles. The molecule has 2 fully saturated rings. The quantitative estimate of drug-likeness (QED) is 0.597. The number of hydrogen-bond donors (Lipinski definition) is 1. The van der Waals surface area contributed by atoms with Crippen molar-refractivity contribution >= 4 is 16.9 Å². The van der Waals surface area contributed by atoms with Gasteiger partial charge in [0.15, 0.2) is 5.65 Å². The van der Waals surface area contributed by atoms with Gasteiger partial charge < -0.3 is 14.7 Å². The van der Waals surface area contributed by atoms with Crippen molar-refractivity contribution in [2.75, 3.05) is 20.2 Å². The Morgan fingerprint density at radius 3 is 2.51 bits per heavy atom. The van der Waals surface area contributed by atoms with Gasteiger partial charge in [0, 0.05) is 26.1 Å². The number of methoxy groups -OCH3 is 1. The minimum Gasteiger partial charge on any atom is -0.388 e. The van der Waals surface area contributed by atoms with Crippen LogP contribution in [-0.4, -0.2) is 67.1 Å². The summed E-state index contributed by atoms with van der Waals surface area (Å²) in [6, 6.07) is 5.77. The second-order valence-corrected chi connectivity index (χ2v) is 9.71. The van der Waals surface area contributed by atoms with Gasteiger partial charge >= 0.3 is 0 Å². The predicted octanol–water partition coefficient (Wildman–Crippen LogP) is 2.28. The maximum Gasteiger partial charge on any atom is 0.264 e. The monoisotopic (exact) mass is 483 g/mol. The third-order valence-electron chi connectivity index (χ3n) is 7.45. The smallest absolute Gasteiger partial charge is 0.264 e. The Kier molecular flexibility index (Phi) is 6.41. The van der Waals surface area contributed by atoms with Gasteiger partial charge in [-0.3, -0.25) is 14.2 Å². The third-order valence-corrected chi connectivity index (χ3v) is 7.45. The van der Waals surface area contributed by atoms with E-state index in [1.54, 1.807) is 19.2 Å². The second kappa shape index (κ2) is 9.50. The summed E-state index contributed by atoms with van der Waals surface area (Å²) in [5, 5.41) is 15.8. The number of carbonyl (C=O) groups excluding carboxylic acids is 1. The van der Waals surface area contributed by atoms with Crippen LogP contribution in [0.15, 0.2) is 41.6 Å². The minimum atomic E-state index is -1.10. The Hall–Kier alpha value is -3.11. The normalized spacial score (nSPS) is 22.4. The van der Waals surface area contributed by atoms with Gasteiger partial charge in [-0.25, -0.2) is 14.1 Å². The minimum absolute atomic E-state index is 0.0273. The molecule has 1 aliphatic heterocycles. The molecular weight excluding hydrogens is 453 g/mol. The summed E-state index contributed by atoms with van der Waals surface area (Å²) in [7, 11) is 1.72. The number of fused-ring (bicyclic) bond motifs is 1. The lowest BCUT2D eigenvalue weighted by Crippen LogP contribution is -2.51. The molecular formula is C25H30FN5O4. The van der Waals surface area contributed by atoms with Crippen molar-refractivity contribution in [3.8, 4) is 5.69 Å². The molecule has 0 unspecified atom stereocenters. The number of carbonyl (C=O) groups is 1. The van der Waals surface area contributed by atoms with E-state index in [-0.39, 0.29) is 35.9 Å². The van der Waals surface area contributed by atoms with Gasteiger partial charge in [-0.15, -0.1) is 0 Å². The Morgan fingerprint density at radius 2 is 1.86 bits per heavy atom. The molecule has 1 N–H and O–H groups in total. The van der Waals surface area contributed by atoms with E-state index in [1.165, 1.54) is 33.9 Å². The zero-order valence-electron chi connectivity index (χ0n) is 19.8. The molecule has 9 nitrogen and oxygen atoms in total. The molecule has 10 heteroatoms. The molecule has 2 aliphatic rings. The van der Waals surface area contributed by atoms with Crippen molar-refractivity contribution in [3.63, 3.8) is 0 Å². The molecule has 5 rings (SSSR count). The summed E-state index contributed by atoms with van der Waals surface area (Å²) in [6.45, 7) is 1.02. The van der Waals surface area contributed by atoms with Crippen molar-refractivity contribution in [2.45, 2.75) is 56.8 Å². The van der Waals surface area contributed by atoms with Crippen molar-refractivity contribution in [3.05, 3.63) is 53.0 Å². The van der Waals surface area contributed by atoms with E-state index in [0.29, 0.717) is 42.7 Å². The fraction of sp³-hybridized carbons (Fsp3) is 0.520. The van der Waals surface area contributed by atoms with E-state index in [4.69, 9.17) is 4.74 Å². The number of nitrogens with zero attached hydrogens (tertiary/aromatic N) is 5. The first-order chi connectivity index (χ1) is 16.9. The Morgan fingerprint density at radius 1 is 1.17 bits per heavy atom. The lowest BCUT2D eigenvalue weighted by Gasteiger charge is -2.40. The summed E-state index contributed by atoms with van der Waals surface area (Å²) < 4.78 is 21.6. The first kappa shape index (κ1) is 23.6. The van der Waals surface area contributed by atoms with Crippen LogP contribution in [0.1, 0.15) is 38.5 Å². The lowest BCUT2D eigenvalue weighted by molar-refractivity contribution is -0.142. The highest BCUT2D eigenvalue weighted by Crippen LogP contribution is 2.30. The topological polar surface area (TPSA) is 102 Å². The molecule has 186 valence electrons. The number of rotatable bonds is 5. The number of aliphatic hydroxyl groups is 1. The summed E-state index contributed by atoms with van der Waals surface area (Å²) in [6.07, 6.45) is 7.37. The van der Waals surface area contributed by atoms with Gasteiger partial charge in [-0.05, 0) is 62.8 Å². The second-order valence-electron chi connectivity index (χ2n) is 9.71. The Labute approximate surface area is 202 Å². The molecule has 1 amide bonds. The van der Waals surface area contributed by atoms with Gasteiger partial charge in [0.2, 0.25) is 5.91 Å². The SMILES string of the molecule is COC1CCC(C(=O)N2CCC(O)(Cn3cnc4c(cnn4-c4ccc(F)cc4)c3=O)CC2)CC1.